The van der Waals surface area contributed by atoms with E-state index < -0.39 is 0 Å². The lowest BCUT2D eigenvalue weighted by Crippen LogP contribution is -1.93. The van der Waals surface area contributed by atoms with Crippen LogP contribution in [0.15, 0.2) is 138 Å². The van der Waals surface area contributed by atoms with Crippen LogP contribution in [0, 0.1) is 0 Å². The second-order valence-corrected chi connectivity index (χ2v) is 10.2. The summed E-state index contributed by atoms with van der Waals surface area (Å²) in [5, 5.41) is 7.17. The topological polar surface area (TPSA) is 23.0 Å². The Hall–Kier alpha value is -5.28. The van der Waals surface area contributed by atoms with Gasteiger partial charge in [-0.3, -0.25) is 0 Å². The monoisotopic (exact) mass is 498 g/mol. The molecule has 3 heterocycles. The summed E-state index contributed by atoms with van der Waals surface area (Å²) in [5.74, 6) is 0. The van der Waals surface area contributed by atoms with E-state index in [2.05, 4.69) is 143 Å². The van der Waals surface area contributed by atoms with E-state index in [1.54, 1.807) is 0 Å². The fraction of sp³-hybridized carbons (Fsp3) is 0. The van der Waals surface area contributed by atoms with Crippen molar-refractivity contribution in [3.05, 3.63) is 133 Å². The summed E-state index contributed by atoms with van der Waals surface area (Å²) in [6.45, 7) is 0. The summed E-state index contributed by atoms with van der Waals surface area (Å²) in [6.07, 6.45) is 0. The van der Waals surface area contributed by atoms with E-state index in [0.29, 0.717) is 0 Å². The smallest absolute Gasteiger partial charge is 0.160 e. The third kappa shape index (κ3) is 2.76. The molecule has 0 unspecified atom stereocenters. The summed E-state index contributed by atoms with van der Waals surface area (Å²) in [7, 11) is 0. The number of fused-ring (bicyclic) bond motifs is 10. The van der Waals surface area contributed by atoms with Crippen molar-refractivity contribution in [2.45, 2.75) is 0 Å². The van der Waals surface area contributed by atoms with Gasteiger partial charge in [0.2, 0.25) is 0 Å². The Labute approximate surface area is 223 Å². The van der Waals surface area contributed by atoms with Gasteiger partial charge in [0.25, 0.3) is 0 Å². The molecule has 0 saturated heterocycles. The van der Waals surface area contributed by atoms with Gasteiger partial charge >= 0.3 is 0 Å². The first-order valence-electron chi connectivity index (χ1n) is 13.3. The molecule has 39 heavy (non-hydrogen) atoms. The lowest BCUT2D eigenvalue weighted by molar-refractivity contribution is 0.671. The molecule has 0 radical (unpaired) electrons. The molecule has 6 aromatic carbocycles. The minimum Gasteiger partial charge on any atom is -0.454 e. The highest BCUT2D eigenvalue weighted by molar-refractivity contribution is 6.24. The second kappa shape index (κ2) is 7.62. The molecule has 0 aliphatic rings. The highest BCUT2D eigenvalue weighted by atomic mass is 16.3. The van der Waals surface area contributed by atoms with Crippen LogP contribution in [0.2, 0.25) is 0 Å². The molecule has 0 fully saturated rings. The van der Waals surface area contributed by atoms with Crippen molar-refractivity contribution in [1.29, 1.82) is 0 Å². The van der Waals surface area contributed by atoms with Gasteiger partial charge in [0.15, 0.2) is 5.58 Å². The Morgan fingerprint density at radius 1 is 0.385 bits per heavy atom. The minimum absolute atomic E-state index is 0.898. The van der Waals surface area contributed by atoms with Crippen LogP contribution in [0.25, 0.3) is 76.9 Å². The van der Waals surface area contributed by atoms with Crippen LogP contribution >= 0.6 is 0 Å². The third-order valence-corrected chi connectivity index (χ3v) is 8.10. The number of aromatic nitrogens is 2. The average molecular weight is 499 g/mol. The number of hydrogen-bond donors (Lipinski definition) is 0. The zero-order chi connectivity index (χ0) is 25.5. The predicted molar refractivity (Wildman–Crippen MR) is 162 cm³/mol. The quantitative estimate of drug-likeness (QED) is 0.233. The van der Waals surface area contributed by atoms with Gasteiger partial charge in [-0.15, -0.1) is 0 Å². The van der Waals surface area contributed by atoms with E-state index in [0.717, 1.165) is 44.3 Å². The molecule has 0 atom stereocenters. The molecule has 0 spiro atoms. The molecule has 3 aromatic heterocycles. The molecule has 0 aliphatic heterocycles. The van der Waals surface area contributed by atoms with Crippen LogP contribution in [0.3, 0.4) is 0 Å². The maximum absolute atomic E-state index is 6.82. The Bertz CT molecular complexity index is 2370. The normalized spacial score (nSPS) is 12.1. The van der Waals surface area contributed by atoms with Crippen LogP contribution in [-0.2, 0) is 0 Å². The number of benzene rings is 6. The fourth-order valence-corrected chi connectivity index (χ4v) is 6.44. The van der Waals surface area contributed by atoms with Crippen molar-refractivity contribution < 1.29 is 4.42 Å². The first-order valence-corrected chi connectivity index (χ1v) is 13.3. The lowest BCUT2D eigenvalue weighted by Gasteiger charge is -2.07. The molecule has 0 aliphatic carbocycles. The van der Waals surface area contributed by atoms with E-state index in [1.807, 2.05) is 0 Å². The highest BCUT2D eigenvalue weighted by Gasteiger charge is 2.20. The Morgan fingerprint density at radius 3 is 1.67 bits per heavy atom. The second-order valence-electron chi connectivity index (χ2n) is 10.2. The summed E-state index contributed by atoms with van der Waals surface area (Å²) in [4.78, 5) is 0. The van der Waals surface area contributed by atoms with Crippen LogP contribution in [0.5, 0.6) is 0 Å². The number of furan rings is 1. The zero-order valence-electron chi connectivity index (χ0n) is 21.0. The van der Waals surface area contributed by atoms with Crippen molar-refractivity contribution >= 4 is 65.6 Å². The number of para-hydroxylation sites is 4. The fourth-order valence-electron chi connectivity index (χ4n) is 6.44. The van der Waals surface area contributed by atoms with Crippen molar-refractivity contribution in [3.63, 3.8) is 0 Å². The molecule has 0 saturated carbocycles. The van der Waals surface area contributed by atoms with Gasteiger partial charge in [-0.2, -0.15) is 0 Å². The lowest BCUT2D eigenvalue weighted by atomic mass is 10.1. The van der Waals surface area contributed by atoms with Gasteiger partial charge in [-0.25, -0.2) is 0 Å². The van der Waals surface area contributed by atoms with Crippen LogP contribution in [0.1, 0.15) is 0 Å². The number of nitrogens with zero attached hydrogens (tertiary/aromatic N) is 2. The highest BCUT2D eigenvalue weighted by Crippen LogP contribution is 2.42. The molecule has 0 amide bonds. The van der Waals surface area contributed by atoms with Crippen molar-refractivity contribution in [3.8, 4) is 11.4 Å². The molecule has 3 nitrogen and oxygen atoms in total. The summed E-state index contributed by atoms with van der Waals surface area (Å²) >= 11 is 0. The zero-order valence-corrected chi connectivity index (χ0v) is 21.0. The molecular formula is C36H22N2O. The average Bonchev–Trinajstić information content (AvgIpc) is 3.64. The number of rotatable bonds is 2. The van der Waals surface area contributed by atoms with E-state index in [9.17, 15) is 0 Å². The molecule has 182 valence electrons. The van der Waals surface area contributed by atoms with E-state index in [1.165, 1.54) is 32.6 Å². The summed E-state index contributed by atoms with van der Waals surface area (Å²) in [5.41, 5.74) is 8.72. The molecule has 3 heteroatoms. The maximum Gasteiger partial charge on any atom is 0.160 e. The SMILES string of the molecule is c1ccc(-n2c3ccccc3c3cc4c(cc32)oc2c4ccc3c4ccccc4n(-c4ccccc4)c32)cc1. The van der Waals surface area contributed by atoms with Gasteiger partial charge in [0.05, 0.1) is 22.1 Å². The molecule has 0 bridgehead atoms. The molecular weight excluding hydrogens is 476 g/mol. The first kappa shape index (κ1) is 20.7. The Balaban J connectivity index is 1.45. The van der Waals surface area contributed by atoms with E-state index in [-0.39, 0.29) is 0 Å². The first-order chi connectivity index (χ1) is 19.4. The standard InChI is InChI=1S/C36H22N2O/c1-3-11-23(12-4-1)37-31-17-9-8-16-26(31)29-21-30-28-20-19-27-25-15-7-10-18-32(25)38(24-13-5-2-6-14-24)35(27)36(28)39-34(30)22-33(29)37/h1-22H. The van der Waals surface area contributed by atoms with E-state index >= 15 is 0 Å². The Morgan fingerprint density at radius 2 is 0.949 bits per heavy atom. The van der Waals surface area contributed by atoms with Crippen LogP contribution in [0.4, 0.5) is 0 Å². The summed E-state index contributed by atoms with van der Waals surface area (Å²) < 4.78 is 11.5. The van der Waals surface area contributed by atoms with Gasteiger partial charge in [-0.1, -0.05) is 78.9 Å². The van der Waals surface area contributed by atoms with Crippen LogP contribution < -0.4 is 0 Å². The summed E-state index contributed by atoms with van der Waals surface area (Å²) in [6, 6.07) is 47.4. The van der Waals surface area contributed by atoms with E-state index in [4.69, 9.17) is 4.42 Å². The Kier molecular flexibility index (Phi) is 4.05. The van der Waals surface area contributed by atoms with Gasteiger partial charge in [-0.05, 0) is 48.5 Å². The van der Waals surface area contributed by atoms with Gasteiger partial charge < -0.3 is 13.6 Å². The van der Waals surface area contributed by atoms with Crippen molar-refractivity contribution in [2.75, 3.05) is 0 Å². The maximum atomic E-state index is 6.82. The van der Waals surface area contributed by atoms with Gasteiger partial charge in [0.1, 0.15) is 5.58 Å². The molecule has 0 N–H and O–H groups in total. The van der Waals surface area contributed by atoms with Gasteiger partial charge in [0, 0.05) is 49.8 Å². The van der Waals surface area contributed by atoms with Crippen molar-refractivity contribution in [2.24, 2.45) is 0 Å². The molecule has 9 aromatic rings. The molecule has 9 rings (SSSR count). The third-order valence-electron chi connectivity index (χ3n) is 8.10. The van der Waals surface area contributed by atoms with Crippen LogP contribution in [-0.4, -0.2) is 9.13 Å². The largest absolute Gasteiger partial charge is 0.454 e. The predicted octanol–water partition coefficient (Wildman–Crippen LogP) is 9.78. The minimum atomic E-state index is 0.898. The number of hydrogen-bond acceptors (Lipinski definition) is 1. The van der Waals surface area contributed by atoms with Crippen molar-refractivity contribution in [1.82, 2.24) is 9.13 Å².